The van der Waals surface area contributed by atoms with Crippen LogP contribution >= 0.6 is 6.89 Å². The van der Waals surface area contributed by atoms with Crippen LogP contribution in [-0.4, -0.2) is 19.6 Å². The Morgan fingerprint density at radius 3 is 1.43 bits per heavy atom. The highest BCUT2D eigenvalue weighted by atomic mass is 31.2. The van der Waals surface area contributed by atoms with E-state index in [1.54, 1.807) is 0 Å². The molecular formula is C57H43P. The van der Waals surface area contributed by atoms with E-state index in [0.717, 1.165) is 0 Å². The van der Waals surface area contributed by atoms with E-state index in [2.05, 4.69) is 232 Å². The molecule has 0 nitrogen and oxygen atoms in total. The smallest absolute Gasteiger partial charge is 0.00201 e. The second-order valence-electron chi connectivity index (χ2n) is 15.9. The van der Waals surface area contributed by atoms with Gasteiger partial charge in [-0.05, 0) is 137 Å². The van der Waals surface area contributed by atoms with Crippen LogP contribution in [0.15, 0.2) is 212 Å². The van der Waals surface area contributed by atoms with Crippen molar-refractivity contribution in [3.63, 3.8) is 0 Å². The molecule has 0 bridgehead atoms. The molecule has 0 saturated carbocycles. The van der Waals surface area contributed by atoms with Gasteiger partial charge in [0, 0.05) is 0 Å². The van der Waals surface area contributed by atoms with Crippen molar-refractivity contribution in [2.75, 3.05) is 13.3 Å². The number of hydrogen-bond donors (Lipinski definition) is 0. The highest BCUT2D eigenvalue weighted by Crippen LogP contribution is 2.50. The first kappa shape index (κ1) is 35.7. The molecule has 0 atom stereocenters. The third kappa shape index (κ3) is 6.47. The summed E-state index contributed by atoms with van der Waals surface area (Å²) in [6.07, 6.45) is 4.49. The van der Waals surface area contributed by atoms with Gasteiger partial charge in [0.15, 0.2) is 0 Å². The number of rotatable bonds is 8. The molecule has 0 unspecified atom stereocenters. The zero-order chi connectivity index (χ0) is 39.2. The summed E-state index contributed by atoms with van der Waals surface area (Å²) in [6, 6.07) is 78.0. The fraction of sp³-hybridized carbons (Fsp3) is 0.0351. The fourth-order valence-electron chi connectivity index (χ4n) is 8.77. The van der Waals surface area contributed by atoms with Gasteiger partial charge >= 0.3 is 0 Å². The Morgan fingerprint density at radius 1 is 0.328 bits per heavy atom. The largest absolute Gasteiger partial charge is 0.0971 e. The topological polar surface area (TPSA) is 0 Å². The van der Waals surface area contributed by atoms with E-state index in [-0.39, 0.29) is 0 Å². The maximum Gasteiger partial charge on any atom is -0.00201 e. The van der Waals surface area contributed by atoms with Gasteiger partial charge in [-0.15, -0.1) is 0 Å². The first-order valence-electron chi connectivity index (χ1n) is 20.0. The molecule has 276 valence electrons. The minimum atomic E-state index is -1.37. The van der Waals surface area contributed by atoms with E-state index in [4.69, 9.17) is 0 Å². The summed E-state index contributed by atoms with van der Waals surface area (Å²) in [5.74, 6) is 0. The van der Waals surface area contributed by atoms with Gasteiger partial charge in [-0.1, -0.05) is 207 Å². The van der Waals surface area contributed by atoms with Crippen molar-refractivity contribution < 1.29 is 0 Å². The molecule has 10 rings (SSSR count). The van der Waals surface area contributed by atoms with Crippen LogP contribution < -0.4 is 5.30 Å². The van der Waals surface area contributed by atoms with E-state index in [1.165, 1.54) is 105 Å². The van der Waals surface area contributed by atoms with E-state index in [0.29, 0.717) is 0 Å². The van der Waals surface area contributed by atoms with Gasteiger partial charge in [-0.3, -0.25) is 0 Å². The number of fused-ring (bicyclic) bond motifs is 3. The van der Waals surface area contributed by atoms with Crippen LogP contribution in [-0.2, 0) is 0 Å². The molecule has 1 heteroatoms. The lowest BCUT2D eigenvalue weighted by atomic mass is 9.85. The molecule has 0 N–H and O–H groups in total. The lowest BCUT2D eigenvalue weighted by Crippen LogP contribution is -2.02. The summed E-state index contributed by atoms with van der Waals surface area (Å²) in [5, 5.41) is 3.99. The second-order valence-corrected chi connectivity index (χ2v) is 19.8. The standard InChI is InChI=1S/C57H43P/c1-58(2,3)48-25-14-23-45(37-48)46-32-33-50-53-35-34-49(51-26-15-27-52(57(51)53)54(50)38-46)40-30-28-39(29-31-40)44-22-13-24-47(36-44)56(43-20-11-6-12-21-43)55(41-16-7-4-8-17-41)42-18-9-5-10-19-42/h4-38H,1H2,2-3H3. The quantitative estimate of drug-likeness (QED) is 0.107. The van der Waals surface area contributed by atoms with Gasteiger partial charge < -0.3 is 0 Å². The predicted octanol–water partition coefficient (Wildman–Crippen LogP) is 14.8. The summed E-state index contributed by atoms with van der Waals surface area (Å²) < 4.78 is 0. The van der Waals surface area contributed by atoms with Crippen LogP contribution in [0, 0.1) is 0 Å². The van der Waals surface area contributed by atoms with Crippen molar-refractivity contribution in [3.8, 4) is 55.6 Å². The second kappa shape index (κ2) is 14.7. The highest BCUT2D eigenvalue weighted by molar-refractivity contribution is 7.79. The average Bonchev–Trinajstić information content (AvgIpc) is 3.60. The van der Waals surface area contributed by atoms with Crippen LogP contribution in [0.4, 0.5) is 0 Å². The predicted molar refractivity (Wildman–Crippen MR) is 255 cm³/mol. The summed E-state index contributed by atoms with van der Waals surface area (Å²) in [7, 11) is 0. The lowest BCUT2D eigenvalue weighted by Gasteiger charge is -2.19. The molecule has 0 heterocycles. The van der Waals surface area contributed by atoms with Crippen LogP contribution in [0.5, 0.6) is 0 Å². The Morgan fingerprint density at radius 2 is 0.793 bits per heavy atom. The van der Waals surface area contributed by atoms with Crippen molar-refractivity contribution in [2.45, 2.75) is 0 Å². The summed E-state index contributed by atoms with van der Waals surface area (Å²) >= 11 is 0. The molecule has 0 amide bonds. The zero-order valence-corrected chi connectivity index (χ0v) is 33.8. The van der Waals surface area contributed by atoms with Crippen LogP contribution in [0.1, 0.15) is 22.3 Å². The molecule has 1 aliphatic rings. The third-order valence-corrected chi connectivity index (χ3v) is 13.3. The molecule has 1 aliphatic carbocycles. The molecule has 0 radical (unpaired) electrons. The van der Waals surface area contributed by atoms with E-state index >= 15 is 0 Å². The average molecular weight is 759 g/mol. The molecule has 0 spiro atoms. The first-order valence-corrected chi connectivity index (χ1v) is 22.9. The third-order valence-electron chi connectivity index (χ3n) is 11.6. The van der Waals surface area contributed by atoms with Crippen molar-refractivity contribution in [1.82, 2.24) is 0 Å². The molecule has 0 aromatic heterocycles. The van der Waals surface area contributed by atoms with Crippen LogP contribution in [0.3, 0.4) is 0 Å². The van der Waals surface area contributed by atoms with Gasteiger partial charge in [-0.2, -0.15) is 0 Å². The number of benzene rings is 9. The Hall–Kier alpha value is -6.72. The Bertz CT molecular complexity index is 3010. The molecule has 0 aliphatic heterocycles. The Kier molecular flexibility index (Phi) is 9.01. The normalized spacial score (nSPS) is 11.7. The minimum absolute atomic E-state index is 1.19. The van der Waals surface area contributed by atoms with Crippen molar-refractivity contribution in [2.24, 2.45) is 0 Å². The fourth-order valence-corrected chi connectivity index (χ4v) is 9.75. The van der Waals surface area contributed by atoms with E-state index in [9.17, 15) is 0 Å². The SMILES string of the molecule is C=P(C)(C)c1cccc(-c2ccc3c(c2)-c2cccc4c(-c5ccc(-c6cccc(C(=C(c7ccccc7)c7ccccc7)c7ccccc7)c6)cc5)ccc-3c24)c1. The van der Waals surface area contributed by atoms with Gasteiger partial charge in [0.25, 0.3) is 0 Å². The molecule has 58 heavy (non-hydrogen) atoms. The van der Waals surface area contributed by atoms with Gasteiger partial charge in [0.05, 0.1) is 0 Å². The zero-order valence-electron chi connectivity index (χ0n) is 32.9. The van der Waals surface area contributed by atoms with Crippen LogP contribution in [0.2, 0.25) is 0 Å². The van der Waals surface area contributed by atoms with E-state index in [1.807, 2.05) is 0 Å². The number of hydrogen-bond acceptors (Lipinski definition) is 0. The van der Waals surface area contributed by atoms with Crippen molar-refractivity contribution in [3.05, 3.63) is 235 Å². The minimum Gasteiger partial charge on any atom is -0.0971 e. The molecule has 9 aromatic rings. The monoisotopic (exact) mass is 758 g/mol. The maximum absolute atomic E-state index is 4.49. The lowest BCUT2D eigenvalue weighted by molar-refractivity contribution is 1.50. The van der Waals surface area contributed by atoms with Gasteiger partial charge in [0.2, 0.25) is 0 Å². The van der Waals surface area contributed by atoms with Gasteiger partial charge in [-0.25, -0.2) is 0 Å². The summed E-state index contributed by atoms with van der Waals surface area (Å²) in [6.45, 7) is 3.20. The van der Waals surface area contributed by atoms with Crippen LogP contribution in [0.25, 0.3) is 77.6 Å². The Labute approximate surface area is 342 Å². The molecule has 0 saturated heterocycles. The Balaban J connectivity index is 1.03. The maximum atomic E-state index is 4.49. The van der Waals surface area contributed by atoms with Gasteiger partial charge in [0.1, 0.15) is 0 Å². The van der Waals surface area contributed by atoms with E-state index < -0.39 is 6.89 Å². The molecule has 9 aromatic carbocycles. The molecule has 0 fully saturated rings. The summed E-state index contributed by atoms with van der Waals surface area (Å²) in [4.78, 5) is 0. The van der Waals surface area contributed by atoms with Crippen molar-refractivity contribution >= 4 is 40.4 Å². The summed E-state index contributed by atoms with van der Waals surface area (Å²) in [5.41, 5.74) is 19.8. The van der Waals surface area contributed by atoms with Crippen molar-refractivity contribution in [1.29, 1.82) is 0 Å². The molecular weight excluding hydrogens is 716 g/mol. The highest BCUT2D eigenvalue weighted by Gasteiger charge is 2.24. The first-order chi connectivity index (χ1) is 28.4.